The van der Waals surface area contributed by atoms with Crippen molar-refractivity contribution in [2.75, 3.05) is 31.9 Å². The predicted molar refractivity (Wildman–Crippen MR) is 89.9 cm³/mol. The third-order valence-electron chi connectivity index (χ3n) is 2.99. The van der Waals surface area contributed by atoms with Gasteiger partial charge in [0.15, 0.2) is 0 Å². The predicted octanol–water partition coefficient (Wildman–Crippen LogP) is 2.11. The second kappa shape index (κ2) is 11.8. The van der Waals surface area contributed by atoms with Crippen LogP contribution >= 0.6 is 24.8 Å². The maximum absolute atomic E-state index is 11.7. The lowest BCUT2D eigenvalue weighted by molar-refractivity contribution is -0.120. The topological polar surface area (TPSA) is 58.4 Å². The number of anilines is 1. The number of amides is 1. The summed E-state index contributed by atoms with van der Waals surface area (Å²) in [6.07, 6.45) is 0.415. The molecule has 0 bridgehead atoms. The van der Waals surface area contributed by atoms with E-state index in [1.807, 2.05) is 24.3 Å². The van der Waals surface area contributed by atoms with E-state index >= 15 is 0 Å². The summed E-state index contributed by atoms with van der Waals surface area (Å²) in [7, 11) is 0. The van der Waals surface area contributed by atoms with E-state index < -0.39 is 0 Å². The molecule has 0 radical (unpaired) electrons. The summed E-state index contributed by atoms with van der Waals surface area (Å²) in [5.41, 5.74) is 7.31. The summed E-state index contributed by atoms with van der Waals surface area (Å²) in [4.78, 5) is 14.0. The fraction of sp³-hybridized carbons (Fsp3) is 0.500. The van der Waals surface area contributed by atoms with Crippen LogP contribution in [0.15, 0.2) is 24.3 Å². The number of benzene rings is 1. The fourth-order valence-electron chi connectivity index (χ4n) is 1.78. The van der Waals surface area contributed by atoms with Crippen molar-refractivity contribution in [1.29, 1.82) is 0 Å². The first-order chi connectivity index (χ1) is 8.65. The SMILES string of the molecule is CCN(CC)CCNC(=O)Cc1ccc(N)cc1.Cl.Cl. The van der Waals surface area contributed by atoms with Gasteiger partial charge in [0.05, 0.1) is 6.42 Å². The van der Waals surface area contributed by atoms with Crippen LogP contribution in [0.5, 0.6) is 0 Å². The van der Waals surface area contributed by atoms with Gasteiger partial charge in [0.25, 0.3) is 0 Å². The van der Waals surface area contributed by atoms with Crippen molar-refractivity contribution in [3.05, 3.63) is 29.8 Å². The Hall–Kier alpha value is -0.970. The number of halogens is 2. The Bertz CT molecular complexity index is 367. The first kappa shape index (κ1) is 21.3. The minimum Gasteiger partial charge on any atom is -0.399 e. The normalized spacial score (nSPS) is 9.55. The highest BCUT2D eigenvalue weighted by molar-refractivity contribution is 5.85. The van der Waals surface area contributed by atoms with Crippen molar-refractivity contribution in [3.63, 3.8) is 0 Å². The zero-order valence-corrected chi connectivity index (χ0v) is 13.7. The number of nitrogens with two attached hydrogens (primary N) is 1. The Morgan fingerprint density at radius 1 is 1.15 bits per heavy atom. The quantitative estimate of drug-likeness (QED) is 0.756. The van der Waals surface area contributed by atoms with Crippen molar-refractivity contribution < 1.29 is 4.79 Å². The third-order valence-corrected chi connectivity index (χ3v) is 2.99. The first-order valence-corrected chi connectivity index (χ1v) is 6.49. The third kappa shape index (κ3) is 8.25. The van der Waals surface area contributed by atoms with Gasteiger partial charge < -0.3 is 16.0 Å². The summed E-state index contributed by atoms with van der Waals surface area (Å²) >= 11 is 0. The average molecular weight is 322 g/mol. The van der Waals surface area contributed by atoms with E-state index in [1.165, 1.54) is 0 Å². The fourth-order valence-corrected chi connectivity index (χ4v) is 1.78. The van der Waals surface area contributed by atoms with E-state index in [9.17, 15) is 4.79 Å². The van der Waals surface area contributed by atoms with E-state index in [2.05, 4.69) is 24.1 Å². The number of nitrogens with zero attached hydrogens (tertiary/aromatic N) is 1. The molecule has 0 aliphatic heterocycles. The van der Waals surface area contributed by atoms with Crippen LogP contribution in [0.1, 0.15) is 19.4 Å². The molecule has 0 fully saturated rings. The Kier molecular flexibility index (Phi) is 12.6. The molecule has 4 nitrogen and oxygen atoms in total. The number of hydrogen-bond donors (Lipinski definition) is 2. The van der Waals surface area contributed by atoms with Gasteiger partial charge in [0.2, 0.25) is 5.91 Å². The van der Waals surface area contributed by atoms with Gasteiger partial charge in [0.1, 0.15) is 0 Å². The lowest BCUT2D eigenvalue weighted by atomic mass is 10.1. The molecule has 116 valence electrons. The van der Waals surface area contributed by atoms with Gasteiger partial charge in [-0.05, 0) is 30.8 Å². The molecule has 0 aliphatic carbocycles. The van der Waals surface area contributed by atoms with Crippen molar-refractivity contribution in [3.8, 4) is 0 Å². The summed E-state index contributed by atoms with van der Waals surface area (Å²) in [5, 5.41) is 2.93. The van der Waals surface area contributed by atoms with Crippen LogP contribution in [0.4, 0.5) is 5.69 Å². The Morgan fingerprint density at radius 3 is 2.20 bits per heavy atom. The van der Waals surface area contributed by atoms with Crippen LogP contribution in [0.2, 0.25) is 0 Å². The molecule has 0 saturated carbocycles. The highest BCUT2D eigenvalue weighted by Gasteiger charge is 2.04. The van der Waals surface area contributed by atoms with E-state index in [1.54, 1.807) is 0 Å². The van der Waals surface area contributed by atoms with E-state index in [0.717, 1.165) is 30.9 Å². The zero-order chi connectivity index (χ0) is 13.4. The number of carbonyl (C=O) groups excluding carboxylic acids is 1. The van der Waals surface area contributed by atoms with Crippen LogP contribution < -0.4 is 11.1 Å². The maximum atomic E-state index is 11.7. The molecular weight excluding hydrogens is 297 g/mol. The van der Waals surface area contributed by atoms with Gasteiger partial charge in [-0.15, -0.1) is 24.8 Å². The molecule has 0 spiro atoms. The van der Waals surface area contributed by atoms with Gasteiger partial charge in [-0.1, -0.05) is 26.0 Å². The molecule has 0 saturated heterocycles. The molecule has 20 heavy (non-hydrogen) atoms. The summed E-state index contributed by atoms with van der Waals surface area (Å²) in [6.45, 7) is 7.89. The molecule has 3 N–H and O–H groups in total. The van der Waals surface area contributed by atoms with Crippen molar-refractivity contribution in [2.24, 2.45) is 0 Å². The number of nitrogen functional groups attached to an aromatic ring is 1. The Morgan fingerprint density at radius 2 is 1.70 bits per heavy atom. The van der Waals surface area contributed by atoms with Crippen LogP contribution in [0.3, 0.4) is 0 Å². The van der Waals surface area contributed by atoms with Gasteiger partial charge in [-0.25, -0.2) is 0 Å². The number of hydrogen-bond acceptors (Lipinski definition) is 3. The summed E-state index contributed by atoms with van der Waals surface area (Å²) in [5.74, 6) is 0.0620. The van der Waals surface area contributed by atoms with E-state index in [4.69, 9.17) is 5.73 Å². The zero-order valence-electron chi connectivity index (χ0n) is 12.1. The second-order valence-corrected chi connectivity index (χ2v) is 4.30. The van der Waals surface area contributed by atoms with E-state index in [-0.39, 0.29) is 30.7 Å². The molecule has 1 aromatic carbocycles. The molecule has 0 heterocycles. The number of rotatable bonds is 7. The molecule has 1 aromatic rings. The minimum absolute atomic E-state index is 0. The number of nitrogens with one attached hydrogen (secondary N) is 1. The molecular formula is C14H25Cl2N3O. The van der Waals surface area contributed by atoms with Crippen molar-refractivity contribution in [1.82, 2.24) is 10.2 Å². The lowest BCUT2D eigenvalue weighted by Crippen LogP contribution is -2.35. The second-order valence-electron chi connectivity index (χ2n) is 4.30. The standard InChI is InChI=1S/C14H23N3O.2ClH/c1-3-17(4-2)10-9-16-14(18)11-12-5-7-13(15)8-6-12;;/h5-8H,3-4,9-11,15H2,1-2H3,(H,16,18);2*1H. The molecule has 0 atom stereocenters. The maximum Gasteiger partial charge on any atom is 0.224 e. The molecule has 1 amide bonds. The smallest absolute Gasteiger partial charge is 0.224 e. The highest BCUT2D eigenvalue weighted by Crippen LogP contribution is 2.05. The molecule has 1 rings (SSSR count). The molecule has 6 heteroatoms. The lowest BCUT2D eigenvalue weighted by Gasteiger charge is -2.17. The number of carbonyl (C=O) groups is 1. The molecule has 0 unspecified atom stereocenters. The largest absolute Gasteiger partial charge is 0.399 e. The van der Waals surface area contributed by atoms with Crippen LogP contribution in [0, 0.1) is 0 Å². The molecule has 0 aliphatic rings. The Balaban J connectivity index is 0. The minimum atomic E-state index is 0. The first-order valence-electron chi connectivity index (χ1n) is 6.49. The monoisotopic (exact) mass is 321 g/mol. The van der Waals surface area contributed by atoms with Crippen LogP contribution in [-0.4, -0.2) is 37.0 Å². The highest BCUT2D eigenvalue weighted by atomic mass is 35.5. The Labute approximate surface area is 133 Å². The van der Waals surface area contributed by atoms with Gasteiger partial charge >= 0.3 is 0 Å². The van der Waals surface area contributed by atoms with Gasteiger partial charge in [-0.3, -0.25) is 4.79 Å². The average Bonchev–Trinajstić information content (AvgIpc) is 2.37. The van der Waals surface area contributed by atoms with Crippen LogP contribution in [0.25, 0.3) is 0 Å². The van der Waals surface area contributed by atoms with E-state index in [0.29, 0.717) is 13.0 Å². The summed E-state index contributed by atoms with van der Waals surface area (Å²) < 4.78 is 0. The summed E-state index contributed by atoms with van der Waals surface area (Å²) in [6, 6.07) is 7.41. The van der Waals surface area contributed by atoms with Crippen molar-refractivity contribution >= 4 is 36.4 Å². The number of likely N-dealkylation sites (N-methyl/N-ethyl adjacent to an activating group) is 1. The van der Waals surface area contributed by atoms with Crippen molar-refractivity contribution in [2.45, 2.75) is 20.3 Å². The van der Waals surface area contributed by atoms with Gasteiger partial charge in [-0.2, -0.15) is 0 Å². The van der Waals surface area contributed by atoms with Gasteiger partial charge in [0, 0.05) is 18.8 Å². The van der Waals surface area contributed by atoms with Crippen LogP contribution in [-0.2, 0) is 11.2 Å². The molecule has 0 aromatic heterocycles.